The maximum absolute atomic E-state index is 13.1. The summed E-state index contributed by atoms with van der Waals surface area (Å²) in [7, 11) is 2.23. The van der Waals surface area contributed by atoms with E-state index in [0.717, 1.165) is 23.1 Å². The minimum absolute atomic E-state index is 0.0311. The molecular formula is C21H24BrN3O2S. The number of hydrogen-bond donors (Lipinski definition) is 1. The first-order valence-corrected chi connectivity index (χ1v) is 11.7. The number of hydrogen-bond acceptors (Lipinski definition) is 5. The molecule has 1 amide bonds. The van der Waals surface area contributed by atoms with E-state index in [4.69, 9.17) is 9.40 Å². The summed E-state index contributed by atoms with van der Waals surface area (Å²) in [5.41, 5.74) is 1.98. The van der Waals surface area contributed by atoms with Crippen LogP contribution in [0.4, 0.5) is 0 Å². The highest BCUT2D eigenvalue weighted by molar-refractivity contribution is 9.14. The van der Waals surface area contributed by atoms with Crippen molar-refractivity contribution in [2.24, 2.45) is 0 Å². The number of allylic oxidation sites excluding steroid dienone is 1. The van der Waals surface area contributed by atoms with Gasteiger partial charge in [0.25, 0.3) is 5.91 Å². The molecule has 4 heterocycles. The topological polar surface area (TPSA) is 58.4 Å². The Morgan fingerprint density at radius 3 is 2.82 bits per heavy atom. The Kier molecular flexibility index (Phi) is 5.01. The third kappa shape index (κ3) is 3.42. The first-order valence-electron chi connectivity index (χ1n) is 10.0. The molecule has 2 saturated heterocycles. The van der Waals surface area contributed by atoms with Gasteiger partial charge in [-0.15, -0.1) is 11.8 Å². The quantitative estimate of drug-likeness (QED) is 0.697. The van der Waals surface area contributed by atoms with Crippen LogP contribution in [0.25, 0.3) is 11.1 Å². The van der Waals surface area contributed by atoms with Crippen LogP contribution in [0.3, 0.4) is 0 Å². The van der Waals surface area contributed by atoms with Crippen molar-refractivity contribution < 1.29 is 9.21 Å². The fraction of sp³-hybridized carbons (Fsp3) is 0.524. The molecule has 3 aliphatic heterocycles. The molecule has 5 rings (SSSR count). The molecule has 5 nitrogen and oxygen atoms in total. The molecule has 148 valence electrons. The number of rotatable bonds is 3. The van der Waals surface area contributed by atoms with Gasteiger partial charge in [0.05, 0.1) is 10.8 Å². The summed E-state index contributed by atoms with van der Waals surface area (Å²) in [6.45, 7) is 0. The molecule has 28 heavy (non-hydrogen) atoms. The van der Waals surface area contributed by atoms with Crippen LogP contribution in [0.15, 0.2) is 32.5 Å². The van der Waals surface area contributed by atoms with Crippen molar-refractivity contribution in [2.45, 2.75) is 61.9 Å². The number of fused-ring (bicyclic) bond motifs is 3. The average molecular weight is 462 g/mol. The normalized spacial score (nSPS) is 30.4. The van der Waals surface area contributed by atoms with Gasteiger partial charge in [-0.05, 0) is 67.2 Å². The van der Waals surface area contributed by atoms with E-state index in [0.29, 0.717) is 34.6 Å². The number of thioether (sulfide) groups is 1. The number of halogens is 1. The number of para-hydroxylation sites is 1. The highest BCUT2D eigenvalue weighted by Crippen LogP contribution is 2.46. The van der Waals surface area contributed by atoms with Crippen molar-refractivity contribution in [1.82, 2.24) is 15.2 Å². The molecular weight excluding hydrogens is 438 g/mol. The van der Waals surface area contributed by atoms with Crippen LogP contribution in [0.1, 0.15) is 60.0 Å². The van der Waals surface area contributed by atoms with Crippen molar-refractivity contribution in [3.63, 3.8) is 0 Å². The summed E-state index contributed by atoms with van der Waals surface area (Å²) in [6.07, 6.45) is 8.89. The maximum atomic E-state index is 13.1. The minimum Gasteiger partial charge on any atom is -0.439 e. The lowest BCUT2D eigenvalue weighted by Crippen LogP contribution is -2.55. The van der Waals surface area contributed by atoms with Crippen LogP contribution in [0.2, 0.25) is 0 Å². The number of aromatic nitrogens is 1. The molecule has 1 aromatic carbocycles. The third-order valence-corrected chi connectivity index (χ3v) is 8.33. The van der Waals surface area contributed by atoms with E-state index in [1.54, 1.807) is 11.8 Å². The van der Waals surface area contributed by atoms with Gasteiger partial charge >= 0.3 is 0 Å². The summed E-state index contributed by atoms with van der Waals surface area (Å²) in [5.74, 6) is 0.663. The molecule has 1 aromatic heterocycles. The van der Waals surface area contributed by atoms with E-state index >= 15 is 0 Å². The molecule has 3 aliphatic rings. The molecule has 2 aromatic rings. The van der Waals surface area contributed by atoms with E-state index in [1.165, 1.54) is 19.3 Å². The molecule has 3 unspecified atom stereocenters. The lowest BCUT2D eigenvalue weighted by Gasteiger charge is -2.47. The highest BCUT2D eigenvalue weighted by Gasteiger charge is 2.36. The van der Waals surface area contributed by atoms with E-state index in [9.17, 15) is 4.79 Å². The Hall–Kier alpha value is -1.31. The zero-order valence-electron chi connectivity index (χ0n) is 15.9. The number of oxazole rings is 1. The van der Waals surface area contributed by atoms with Crippen LogP contribution in [0.5, 0.6) is 0 Å². The van der Waals surface area contributed by atoms with E-state index < -0.39 is 0 Å². The smallest absolute Gasteiger partial charge is 0.253 e. The number of piperidine rings is 2. The molecule has 2 bridgehead atoms. The van der Waals surface area contributed by atoms with Crippen LogP contribution in [0, 0.1) is 0 Å². The van der Waals surface area contributed by atoms with E-state index in [2.05, 4.69) is 39.3 Å². The summed E-state index contributed by atoms with van der Waals surface area (Å²) in [6, 6.07) is 7.06. The molecule has 0 saturated carbocycles. The second-order valence-electron chi connectivity index (χ2n) is 8.10. The van der Waals surface area contributed by atoms with Gasteiger partial charge in [-0.25, -0.2) is 4.98 Å². The van der Waals surface area contributed by atoms with Crippen molar-refractivity contribution in [3.05, 3.63) is 39.5 Å². The predicted octanol–water partition coefficient (Wildman–Crippen LogP) is 4.99. The molecule has 2 fully saturated rings. The summed E-state index contributed by atoms with van der Waals surface area (Å²) in [5, 5.41) is 3.46. The Morgan fingerprint density at radius 2 is 2.11 bits per heavy atom. The maximum Gasteiger partial charge on any atom is 0.253 e. The molecule has 7 heteroatoms. The van der Waals surface area contributed by atoms with Gasteiger partial charge < -0.3 is 14.6 Å². The number of carbonyl (C=O) groups excluding carboxylic acids is 1. The standard InChI is InChI=1S/C21H24BrN3O2S/c1-25-13-4-2-5-14(25)11-12(10-13)23-20(26)15-6-3-7-16-19(15)24-21(27-16)17-8-9-18(22)28-17/h3,6-7,9,12-14,17H,2,4-5,8,10-11H2,1H3,(H,23,26). The third-order valence-electron chi connectivity index (χ3n) is 6.38. The SMILES string of the molecule is CN1C2CCCC1CC(NC(=O)c1cccc3oc(C4CC=C(Br)S4)nc13)C2. The average Bonchev–Trinajstić information content (AvgIpc) is 3.28. The Balaban J connectivity index is 1.35. The molecule has 0 radical (unpaired) electrons. The lowest BCUT2D eigenvalue weighted by molar-refractivity contribution is 0.0463. The fourth-order valence-electron chi connectivity index (χ4n) is 4.87. The number of benzene rings is 1. The van der Waals surface area contributed by atoms with Gasteiger partial charge in [0, 0.05) is 21.9 Å². The van der Waals surface area contributed by atoms with Crippen molar-refractivity contribution in [2.75, 3.05) is 7.05 Å². The van der Waals surface area contributed by atoms with Gasteiger partial charge in [0.2, 0.25) is 5.89 Å². The minimum atomic E-state index is -0.0311. The number of nitrogens with one attached hydrogen (secondary N) is 1. The Bertz CT molecular complexity index is 929. The Morgan fingerprint density at radius 1 is 1.32 bits per heavy atom. The predicted molar refractivity (Wildman–Crippen MR) is 116 cm³/mol. The second kappa shape index (κ2) is 7.50. The Labute approximate surface area is 177 Å². The number of carbonyl (C=O) groups is 1. The van der Waals surface area contributed by atoms with Gasteiger partial charge in [-0.3, -0.25) is 4.79 Å². The van der Waals surface area contributed by atoms with Crippen LogP contribution in [-0.2, 0) is 0 Å². The molecule has 3 atom stereocenters. The van der Waals surface area contributed by atoms with Gasteiger partial charge in [0.15, 0.2) is 5.58 Å². The van der Waals surface area contributed by atoms with Gasteiger partial charge in [0.1, 0.15) is 5.52 Å². The van der Waals surface area contributed by atoms with Gasteiger partial charge in [-0.2, -0.15) is 0 Å². The lowest BCUT2D eigenvalue weighted by atomic mass is 9.82. The number of amides is 1. The molecule has 0 aliphatic carbocycles. The van der Waals surface area contributed by atoms with E-state index in [-0.39, 0.29) is 17.2 Å². The fourth-order valence-corrected chi connectivity index (χ4v) is 6.59. The first kappa shape index (κ1) is 18.7. The molecule has 1 N–H and O–H groups in total. The van der Waals surface area contributed by atoms with Crippen molar-refractivity contribution in [1.29, 1.82) is 0 Å². The number of nitrogens with zero attached hydrogens (tertiary/aromatic N) is 2. The first-order chi connectivity index (χ1) is 13.6. The van der Waals surface area contributed by atoms with Crippen molar-refractivity contribution in [3.8, 4) is 0 Å². The second-order valence-corrected chi connectivity index (χ2v) is 10.7. The van der Waals surface area contributed by atoms with E-state index in [1.807, 2.05) is 18.2 Å². The zero-order chi connectivity index (χ0) is 19.3. The van der Waals surface area contributed by atoms with Crippen LogP contribution >= 0.6 is 27.7 Å². The van der Waals surface area contributed by atoms with Gasteiger partial charge in [-0.1, -0.05) is 18.6 Å². The summed E-state index contributed by atoms with van der Waals surface area (Å²) < 4.78 is 7.10. The molecule has 0 spiro atoms. The summed E-state index contributed by atoms with van der Waals surface area (Å²) >= 11 is 5.23. The zero-order valence-corrected chi connectivity index (χ0v) is 18.3. The highest BCUT2D eigenvalue weighted by atomic mass is 79.9. The monoisotopic (exact) mass is 461 g/mol. The van der Waals surface area contributed by atoms with Crippen molar-refractivity contribution >= 4 is 44.7 Å². The largest absolute Gasteiger partial charge is 0.439 e. The van der Waals surface area contributed by atoms with Crippen LogP contribution < -0.4 is 5.32 Å². The summed E-state index contributed by atoms with van der Waals surface area (Å²) in [4.78, 5) is 20.3. The van der Waals surface area contributed by atoms with Crippen LogP contribution in [-0.4, -0.2) is 41.0 Å².